The summed E-state index contributed by atoms with van der Waals surface area (Å²) in [6.45, 7) is 0. The Labute approximate surface area is 86.7 Å². The van der Waals surface area contributed by atoms with Gasteiger partial charge in [0, 0.05) is 17.1 Å². The second kappa shape index (κ2) is 3.05. The highest BCUT2D eigenvalue weighted by atomic mass is 16.5. The van der Waals surface area contributed by atoms with Gasteiger partial charge >= 0.3 is 5.97 Å². The summed E-state index contributed by atoms with van der Waals surface area (Å²) in [7, 11) is 0. The zero-order valence-electron chi connectivity index (χ0n) is 8.06. The standard InChI is InChI=1S/C12H9NO2/c14-11-6-5-8-7-13-10-4-2-1-3-9(10)12(8)15-11/h1-4,7H,5-6H2. The van der Waals surface area contributed by atoms with Crippen molar-refractivity contribution in [2.24, 2.45) is 0 Å². The summed E-state index contributed by atoms with van der Waals surface area (Å²) in [5.74, 6) is 0.538. The van der Waals surface area contributed by atoms with E-state index in [1.165, 1.54) is 0 Å². The fourth-order valence-electron chi connectivity index (χ4n) is 1.86. The molecule has 3 nitrogen and oxygen atoms in total. The number of pyridine rings is 1. The minimum Gasteiger partial charge on any atom is -0.425 e. The molecule has 0 N–H and O–H groups in total. The van der Waals surface area contributed by atoms with E-state index in [4.69, 9.17) is 4.74 Å². The van der Waals surface area contributed by atoms with Gasteiger partial charge in [-0.1, -0.05) is 12.1 Å². The van der Waals surface area contributed by atoms with Gasteiger partial charge in [0.15, 0.2) is 0 Å². The molecule has 0 saturated carbocycles. The lowest BCUT2D eigenvalue weighted by molar-refractivity contribution is -0.135. The Kier molecular flexibility index (Phi) is 1.71. The fraction of sp³-hybridized carbons (Fsp3) is 0.167. The molecular formula is C12H9NO2. The molecule has 0 unspecified atom stereocenters. The van der Waals surface area contributed by atoms with Crippen LogP contribution < -0.4 is 4.74 Å². The molecule has 0 saturated heterocycles. The van der Waals surface area contributed by atoms with Crippen molar-refractivity contribution < 1.29 is 9.53 Å². The van der Waals surface area contributed by atoms with Gasteiger partial charge in [-0.15, -0.1) is 0 Å². The van der Waals surface area contributed by atoms with Crippen LogP contribution >= 0.6 is 0 Å². The van der Waals surface area contributed by atoms with E-state index in [9.17, 15) is 4.79 Å². The summed E-state index contributed by atoms with van der Waals surface area (Å²) in [5, 5.41) is 0.919. The number of ether oxygens (including phenoxy) is 1. The molecule has 3 heteroatoms. The van der Waals surface area contributed by atoms with Crippen LogP contribution in [0.15, 0.2) is 30.5 Å². The third-order valence-electron chi connectivity index (χ3n) is 2.61. The number of carbonyl (C=O) groups excluding carboxylic acids is 1. The minimum absolute atomic E-state index is 0.154. The molecule has 3 rings (SSSR count). The van der Waals surface area contributed by atoms with Crippen LogP contribution in [0.3, 0.4) is 0 Å². The maximum atomic E-state index is 11.2. The highest BCUT2D eigenvalue weighted by molar-refractivity contribution is 5.90. The van der Waals surface area contributed by atoms with Crippen LogP contribution in [-0.2, 0) is 11.2 Å². The number of aryl methyl sites for hydroxylation is 1. The van der Waals surface area contributed by atoms with E-state index in [1.807, 2.05) is 24.3 Å². The lowest BCUT2D eigenvalue weighted by Gasteiger charge is -2.16. The predicted octanol–water partition coefficient (Wildman–Crippen LogP) is 2.09. The zero-order chi connectivity index (χ0) is 10.3. The third kappa shape index (κ3) is 1.28. The number of para-hydroxylation sites is 1. The van der Waals surface area contributed by atoms with Crippen molar-refractivity contribution in [2.45, 2.75) is 12.8 Å². The molecule has 1 aromatic heterocycles. The summed E-state index contributed by atoms with van der Waals surface area (Å²) in [4.78, 5) is 15.6. The molecule has 1 aliphatic heterocycles. The molecule has 74 valence electrons. The van der Waals surface area contributed by atoms with Crippen LogP contribution in [0, 0.1) is 0 Å². The van der Waals surface area contributed by atoms with E-state index in [1.54, 1.807) is 6.20 Å². The SMILES string of the molecule is O=C1CCc2cnc3ccccc3c2O1. The highest BCUT2D eigenvalue weighted by Gasteiger charge is 2.19. The average molecular weight is 199 g/mol. The largest absolute Gasteiger partial charge is 0.425 e. The molecule has 0 radical (unpaired) electrons. The summed E-state index contributed by atoms with van der Waals surface area (Å²) in [5.41, 5.74) is 1.89. The lowest BCUT2D eigenvalue weighted by atomic mass is 10.0. The molecule has 2 heterocycles. The lowest BCUT2D eigenvalue weighted by Crippen LogP contribution is -2.16. The van der Waals surface area contributed by atoms with Gasteiger partial charge in [-0.05, 0) is 18.6 Å². The van der Waals surface area contributed by atoms with Crippen LogP contribution in [-0.4, -0.2) is 11.0 Å². The van der Waals surface area contributed by atoms with E-state index < -0.39 is 0 Å². The quantitative estimate of drug-likeness (QED) is 0.610. The molecule has 0 spiro atoms. The number of hydrogen-bond acceptors (Lipinski definition) is 3. The molecule has 0 bridgehead atoms. The van der Waals surface area contributed by atoms with Crippen molar-refractivity contribution in [2.75, 3.05) is 0 Å². The second-order valence-corrected chi connectivity index (χ2v) is 3.60. The summed E-state index contributed by atoms with van der Waals surface area (Å²) >= 11 is 0. The Balaban J connectivity index is 2.32. The third-order valence-corrected chi connectivity index (χ3v) is 2.61. The van der Waals surface area contributed by atoms with E-state index in [-0.39, 0.29) is 5.97 Å². The first-order valence-corrected chi connectivity index (χ1v) is 4.92. The van der Waals surface area contributed by atoms with E-state index in [0.717, 1.165) is 22.9 Å². The van der Waals surface area contributed by atoms with Crippen LogP contribution in [0.1, 0.15) is 12.0 Å². The maximum Gasteiger partial charge on any atom is 0.311 e. The molecule has 0 aliphatic carbocycles. The van der Waals surface area contributed by atoms with Crippen molar-refractivity contribution in [1.82, 2.24) is 4.98 Å². The summed E-state index contributed by atoms with van der Waals surface area (Å²) in [6, 6.07) is 7.69. The zero-order valence-corrected chi connectivity index (χ0v) is 8.06. The number of benzene rings is 1. The number of hydrogen-bond donors (Lipinski definition) is 0. The Morgan fingerprint density at radius 1 is 1.20 bits per heavy atom. The first-order chi connectivity index (χ1) is 7.34. The number of fused-ring (bicyclic) bond motifs is 3. The number of aromatic nitrogens is 1. The molecule has 1 aliphatic rings. The van der Waals surface area contributed by atoms with Crippen molar-refractivity contribution in [3.63, 3.8) is 0 Å². The van der Waals surface area contributed by atoms with E-state index >= 15 is 0 Å². The molecule has 15 heavy (non-hydrogen) atoms. The first kappa shape index (κ1) is 8.41. The second-order valence-electron chi connectivity index (χ2n) is 3.60. The number of carbonyl (C=O) groups is 1. The molecule has 1 aromatic carbocycles. The van der Waals surface area contributed by atoms with Gasteiger partial charge in [-0.3, -0.25) is 9.78 Å². The normalized spacial score (nSPS) is 14.8. The average Bonchev–Trinajstić information content (AvgIpc) is 2.29. The van der Waals surface area contributed by atoms with Gasteiger partial charge < -0.3 is 4.74 Å². The minimum atomic E-state index is -0.154. The Morgan fingerprint density at radius 2 is 2.07 bits per heavy atom. The smallest absolute Gasteiger partial charge is 0.311 e. The van der Waals surface area contributed by atoms with Crippen LogP contribution in [0.25, 0.3) is 10.9 Å². The van der Waals surface area contributed by atoms with E-state index in [0.29, 0.717) is 12.2 Å². The van der Waals surface area contributed by atoms with Gasteiger partial charge in [0.05, 0.1) is 11.9 Å². The predicted molar refractivity (Wildman–Crippen MR) is 55.7 cm³/mol. The Hall–Kier alpha value is -1.90. The first-order valence-electron chi connectivity index (χ1n) is 4.92. The van der Waals surface area contributed by atoms with Gasteiger partial charge in [-0.2, -0.15) is 0 Å². The molecule has 2 aromatic rings. The Bertz CT molecular complexity index is 548. The van der Waals surface area contributed by atoms with Crippen LogP contribution in [0.5, 0.6) is 5.75 Å². The molecule has 0 amide bonds. The van der Waals surface area contributed by atoms with Crippen molar-refractivity contribution >= 4 is 16.9 Å². The molecule has 0 fully saturated rings. The van der Waals surface area contributed by atoms with Crippen molar-refractivity contribution in [3.8, 4) is 5.75 Å². The van der Waals surface area contributed by atoms with Gasteiger partial charge in [0.25, 0.3) is 0 Å². The summed E-state index contributed by atoms with van der Waals surface area (Å²) < 4.78 is 5.27. The maximum absolute atomic E-state index is 11.2. The van der Waals surface area contributed by atoms with Gasteiger partial charge in [-0.25, -0.2) is 0 Å². The summed E-state index contributed by atoms with van der Waals surface area (Å²) in [6.07, 6.45) is 2.98. The molecular weight excluding hydrogens is 190 g/mol. The monoisotopic (exact) mass is 199 g/mol. The Morgan fingerprint density at radius 3 is 3.00 bits per heavy atom. The highest BCUT2D eigenvalue weighted by Crippen LogP contribution is 2.31. The van der Waals surface area contributed by atoms with Crippen LogP contribution in [0.4, 0.5) is 0 Å². The van der Waals surface area contributed by atoms with Crippen LogP contribution in [0.2, 0.25) is 0 Å². The number of esters is 1. The number of nitrogens with zero attached hydrogens (tertiary/aromatic N) is 1. The fourth-order valence-corrected chi connectivity index (χ4v) is 1.86. The van der Waals surface area contributed by atoms with E-state index in [2.05, 4.69) is 4.98 Å². The van der Waals surface area contributed by atoms with Crippen molar-refractivity contribution in [1.29, 1.82) is 0 Å². The topological polar surface area (TPSA) is 39.2 Å². The number of rotatable bonds is 0. The van der Waals surface area contributed by atoms with Crippen molar-refractivity contribution in [3.05, 3.63) is 36.0 Å². The van der Waals surface area contributed by atoms with Gasteiger partial charge in [0.1, 0.15) is 5.75 Å². The van der Waals surface area contributed by atoms with Gasteiger partial charge in [0.2, 0.25) is 0 Å². The molecule has 0 atom stereocenters.